The quantitative estimate of drug-likeness (QED) is 0.462. The van der Waals surface area contributed by atoms with E-state index in [1.165, 1.54) is 12.1 Å². The molecule has 22 heavy (non-hydrogen) atoms. The summed E-state index contributed by atoms with van der Waals surface area (Å²) in [5.74, 6) is 0.936. The first-order valence-electron chi connectivity index (χ1n) is 6.95. The number of morpholine rings is 1. The molecule has 2 aromatic rings. The molecule has 1 fully saturated rings. The van der Waals surface area contributed by atoms with Crippen molar-refractivity contribution in [2.75, 3.05) is 26.3 Å². The standard InChI is InChI=1S/C15H18FN3O2.HI/c1-10-12-8-11(16)2-3-13(12)21-14(10)9-18-15(17)19-4-6-20-7-5-19;/h2-3,8H,4-7,9H2,1H3,(H2,17,18);1H. The molecule has 0 amide bonds. The predicted molar refractivity (Wildman–Crippen MR) is 94.0 cm³/mol. The first-order chi connectivity index (χ1) is 10.1. The van der Waals surface area contributed by atoms with E-state index in [4.69, 9.17) is 14.9 Å². The van der Waals surface area contributed by atoms with Gasteiger partial charge in [0.05, 0.1) is 13.2 Å². The van der Waals surface area contributed by atoms with Crippen LogP contribution < -0.4 is 5.73 Å². The average Bonchev–Trinajstić information content (AvgIpc) is 2.82. The van der Waals surface area contributed by atoms with Crippen molar-refractivity contribution in [1.29, 1.82) is 0 Å². The number of rotatable bonds is 2. The molecule has 0 radical (unpaired) electrons. The van der Waals surface area contributed by atoms with Crippen molar-refractivity contribution in [3.05, 3.63) is 35.3 Å². The molecule has 7 heteroatoms. The number of aryl methyl sites for hydroxylation is 1. The van der Waals surface area contributed by atoms with Crippen molar-refractivity contribution >= 4 is 40.9 Å². The Morgan fingerprint density at radius 3 is 2.82 bits per heavy atom. The largest absolute Gasteiger partial charge is 0.459 e. The van der Waals surface area contributed by atoms with Crippen molar-refractivity contribution in [2.45, 2.75) is 13.5 Å². The van der Waals surface area contributed by atoms with E-state index in [2.05, 4.69) is 4.99 Å². The monoisotopic (exact) mass is 419 g/mol. The first kappa shape index (κ1) is 17.0. The van der Waals surface area contributed by atoms with E-state index < -0.39 is 0 Å². The van der Waals surface area contributed by atoms with Gasteiger partial charge in [0.1, 0.15) is 23.7 Å². The highest BCUT2D eigenvalue weighted by Gasteiger charge is 2.14. The van der Waals surface area contributed by atoms with Gasteiger partial charge in [-0.1, -0.05) is 0 Å². The highest BCUT2D eigenvalue weighted by molar-refractivity contribution is 14.0. The summed E-state index contributed by atoms with van der Waals surface area (Å²) >= 11 is 0. The molecular weight excluding hydrogens is 400 g/mol. The van der Waals surface area contributed by atoms with Crippen LogP contribution in [0.4, 0.5) is 4.39 Å². The zero-order valence-electron chi connectivity index (χ0n) is 12.3. The lowest BCUT2D eigenvalue weighted by Crippen LogP contribution is -2.44. The highest BCUT2D eigenvalue weighted by atomic mass is 127. The van der Waals surface area contributed by atoms with Crippen molar-refractivity contribution < 1.29 is 13.5 Å². The fourth-order valence-corrected chi connectivity index (χ4v) is 2.44. The van der Waals surface area contributed by atoms with Crippen LogP contribution in [-0.4, -0.2) is 37.2 Å². The number of nitrogens with zero attached hydrogens (tertiary/aromatic N) is 2. The normalized spacial score (nSPS) is 15.9. The highest BCUT2D eigenvalue weighted by Crippen LogP contribution is 2.26. The van der Waals surface area contributed by atoms with Gasteiger partial charge < -0.3 is 19.8 Å². The number of aliphatic imine (C=N–C) groups is 1. The lowest BCUT2D eigenvalue weighted by molar-refractivity contribution is 0.0674. The first-order valence-corrected chi connectivity index (χ1v) is 6.95. The van der Waals surface area contributed by atoms with Crippen molar-refractivity contribution in [3.8, 4) is 0 Å². The second kappa shape index (κ2) is 7.28. The van der Waals surface area contributed by atoms with Gasteiger partial charge in [-0.25, -0.2) is 9.38 Å². The fourth-order valence-electron chi connectivity index (χ4n) is 2.44. The zero-order chi connectivity index (χ0) is 14.8. The van der Waals surface area contributed by atoms with E-state index in [1.54, 1.807) is 6.07 Å². The number of hydrogen-bond acceptors (Lipinski definition) is 3. The fraction of sp³-hybridized carbons (Fsp3) is 0.400. The van der Waals surface area contributed by atoms with Crippen LogP contribution in [0.2, 0.25) is 0 Å². The van der Waals surface area contributed by atoms with Crippen LogP contribution in [0.5, 0.6) is 0 Å². The molecule has 3 rings (SSSR count). The maximum absolute atomic E-state index is 13.3. The maximum Gasteiger partial charge on any atom is 0.191 e. The summed E-state index contributed by atoms with van der Waals surface area (Å²) in [6.07, 6.45) is 0. The number of nitrogens with two attached hydrogens (primary N) is 1. The summed E-state index contributed by atoms with van der Waals surface area (Å²) in [7, 11) is 0. The molecule has 1 aliphatic rings. The van der Waals surface area contributed by atoms with Gasteiger partial charge in [0.25, 0.3) is 0 Å². The number of furan rings is 1. The second-order valence-corrected chi connectivity index (χ2v) is 5.06. The molecule has 1 aromatic heterocycles. The lowest BCUT2D eigenvalue weighted by Gasteiger charge is -2.27. The molecule has 5 nitrogen and oxygen atoms in total. The molecule has 2 N–H and O–H groups in total. The Kier molecular flexibility index (Phi) is 5.63. The third-order valence-electron chi connectivity index (χ3n) is 3.72. The summed E-state index contributed by atoms with van der Waals surface area (Å²) in [6.45, 7) is 5.09. The van der Waals surface area contributed by atoms with E-state index in [0.29, 0.717) is 37.1 Å². The smallest absolute Gasteiger partial charge is 0.191 e. The number of benzene rings is 1. The maximum atomic E-state index is 13.3. The minimum Gasteiger partial charge on any atom is -0.459 e. The Labute approximate surface area is 145 Å². The topological polar surface area (TPSA) is 64.0 Å². The van der Waals surface area contributed by atoms with E-state index in [-0.39, 0.29) is 29.8 Å². The van der Waals surface area contributed by atoms with Crippen LogP contribution in [0.15, 0.2) is 27.6 Å². The van der Waals surface area contributed by atoms with Crippen molar-refractivity contribution in [2.24, 2.45) is 10.7 Å². The van der Waals surface area contributed by atoms with Gasteiger partial charge in [-0.3, -0.25) is 0 Å². The molecule has 0 saturated carbocycles. The molecule has 1 aromatic carbocycles. The number of halogens is 2. The molecule has 0 bridgehead atoms. The Balaban J connectivity index is 0.00000176. The average molecular weight is 419 g/mol. The molecule has 0 spiro atoms. The Morgan fingerprint density at radius 1 is 1.36 bits per heavy atom. The van der Waals surface area contributed by atoms with E-state index in [1.807, 2.05) is 11.8 Å². The van der Waals surface area contributed by atoms with E-state index >= 15 is 0 Å². The van der Waals surface area contributed by atoms with Crippen LogP contribution in [0, 0.1) is 12.7 Å². The van der Waals surface area contributed by atoms with E-state index in [9.17, 15) is 4.39 Å². The van der Waals surface area contributed by atoms with Crippen LogP contribution >= 0.6 is 24.0 Å². The number of hydrogen-bond donors (Lipinski definition) is 1. The van der Waals surface area contributed by atoms with Gasteiger partial charge in [-0.15, -0.1) is 24.0 Å². The molecule has 0 aliphatic carbocycles. The van der Waals surface area contributed by atoms with E-state index in [0.717, 1.165) is 24.0 Å². The van der Waals surface area contributed by atoms with Gasteiger partial charge in [0.2, 0.25) is 0 Å². The van der Waals surface area contributed by atoms with Gasteiger partial charge >= 0.3 is 0 Å². The van der Waals surface area contributed by atoms with Gasteiger partial charge in [-0.05, 0) is 25.1 Å². The third-order valence-corrected chi connectivity index (χ3v) is 3.72. The van der Waals surface area contributed by atoms with Gasteiger partial charge in [-0.2, -0.15) is 0 Å². The molecule has 120 valence electrons. The number of fused-ring (bicyclic) bond motifs is 1. The zero-order valence-corrected chi connectivity index (χ0v) is 14.7. The summed E-state index contributed by atoms with van der Waals surface area (Å²) in [6, 6.07) is 4.50. The molecule has 2 heterocycles. The van der Waals surface area contributed by atoms with Gasteiger partial charge in [0.15, 0.2) is 5.96 Å². The Bertz CT molecular complexity index is 681. The van der Waals surface area contributed by atoms with Crippen LogP contribution in [0.3, 0.4) is 0 Å². The number of ether oxygens (including phenoxy) is 1. The van der Waals surface area contributed by atoms with Gasteiger partial charge in [0, 0.05) is 24.0 Å². The summed E-state index contributed by atoms with van der Waals surface area (Å²) in [5, 5.41) is 0.783. The molecule has 1 aliphatic heterocycles. The molecule has 0 atom stereocenters. The minimum atomic E-state index is -0.269. The van der Waals surface area contributed by atoms with Crippen LogP contribution in [0.1, 0.15) is 11.3 Å². The van der Waals surface area contributed by atoms with Crippen molar-refractivity contribution in [1.82, 2.24) is 4.90 Å². The second-order valence-electron chi connectivity index (χ2n) is 5.06. The summed E-state index contributed by atoms with van der Waals surface area (Å²) < 4.78 is 24.3. The number of guanidine groups is 1. The summed E-state index contributed by atoms with van der Waals surface area (Å²) in [5.41, 5.74) is 7.56. The van der Waals surface area contributed by atoms with Crippen molar-refractivity contribution in [3.63, 3.8) is 0 Å². The summed E-state index contributed by atoms with van der Waals surface area (Å²) in [4.78, 5) is 6.36. The van der Waals surface area contributed by atoms with Crippen LogP contribution in [0.25, 0.3) is 11.0 Å². The molecule has 1 saturated heterocycles. The van der Waals surface area contributed by atoms with Crippen LogP contribution in [-0.2, 0) is 11.3 Å². The minimum absolute atomic E-state index is 0. The lowest BCUT2D eigenvalue weighted by atomic mass is 10.1. The third kappa shape index (κ3) is 3.52. The Hall–Kier alpha value is -1.35. The molecular formula is C15H19FIN3O2. The predicted octanol–water partition coefficient (Wildman–Crippen LogP) is 2.65. The Morgan fingerprint density at radius 2 is 2.09 bits per heavy atom. The SMILES string of the molecule is Cc1c(CN=C(N)N2CCOCC2)oc2ccc(F)cc12.I. The molecule has 0 unspecified atom stereocenters.